The topological polar surface area (TPSA) is 9.23 Å². The highest BCUT2D eigenvalue weighted by Gasteiger charge is 2.30. The average molecular weight is 299 g/mol. The van der Waals surface area contributed by atoms with Crippen LogP contribution in [0.1, 0.15) is 49.1 Å². The van der Waals surface area contributed by atoms with E-state index in [0.29, 0.717) is 5.92 Å². The summed E-state index contributed by atoms with van der Waals surface area (Å²) in [6, 6.07) is 4.02. The number of benzene rings is 1. The van der Waals surface area contributed by atoms with Gasteiger partial charge in [0.05, 0.1) is 12.0 Å². The predicted molar refractivity (Wildman–Crippen MR) is 80.4 cm³/mol. The minimum atomic E-state index is 0.0399. The van der Waals surface area contributed by atoms with Crippen LogP contribution < -0.4 is 4.74 Å². The SMILES string of the molecule is CC1CCC(C(Cl)c2cc(Cl)cc3c2OCC3)CC1. The van der Waals surface area contributed by atoms with Crippen molar-refractivity contribution in [3.8, 4) is 5.75 Å². The maximum absolute atomic E-state index is 6.75. The molecule has 0 amide bonds. The van der Waals surface area contributed by atoms with Crippen molar-refractivity contribution in [1.29, 1.82) is 0 Å². The third-order valence-electron chi connectivity index (χ3n) is 4.55. The highest BCUT2D eigenvalue weighted by atomic mass is 35.5. The Morgan fingerprint density at radius 1 is 1.21 bits per heavy atom. The summed E-state index contributed by atoms with van der Waals surface area (Å²) in [6.45, 7) is 3.09. The zero-order chi connectivity index (χ0) is 13.4. The van der Waals surface area contributed by atoms with E-state index >= 15 is 0 Å². The van der Waals surface area contributed by atoms with Gasteiger partial charge in [-0.2, -0.15) is 0 Å². The maximum Gasteiger partial charge on any atom is 0.127 e. The first-order valence-electron chi connectivity index (χ1n) is 7.24. The van der Waals surface area contributed by atoms with E-state index in [2.05, 4.69) is 6.92 Å². The van der Waals surface area contributed by atoms with Crippen LogP contribution in [-0.2, 0) is 6.42 Å². The molecule has 1 aliphatic carbocycles. The first-order valence-corrected chi connectivity index (χ1v) is 8.06. The van der Waals surface area contributed by atoms with Gasteiger partial charge >= 0.3 is 0 Å². The molecule has 1 aromatic rings. The van der Waals surface area contributed by atoms with Crippen molar-refractivity contribution in [2.24, 2.45) is 11.8 Å². The fourth-order valence-corrected chi connectivity index (χ4v) is 4.00. The molecule has 104 valence electrons. The number of ether oxygens (including phenoxy) is 1. The number of hydrogen-bond donors (Lipinski definition) is 0. The molecule has 19 heavy (non-hydrogen) atoms. The molecule has 0 aromatic heterocycles. The molecule has 1 saturated carbocycles. The molecule has 1 nitrogen and oxygen atoms in total. The molecule has 1 unspecified atom stereocenters. The summed E-state index contributed by atoms with van der Waals surface area (Å²) in [5.41, 5.74) is 2.33. The highest BCUT2D eigenvalue weighted by molar-refractivity contribution is 6.31. The highest BCUT2D eigenvalue weighted by Crippen LogP contribution is 2.46. The summed E-state index contributed by atoms with van der Waals surface area (Å²) in [5, 5.41) is 0.826. The Morgan fingerprint density at radius 2 is 1.95 bits per heavy atom. The average Bonchev–Trinajstić information content (AvgIpc) is 2.85. The van der Waals surface area contributed by atoms with E-state index < -0.39 is 0 Å². The molecule has 3 rings (SSSR count). The third-order valence-corrected chi connectivity index (χ3v) is 5.36. The zero-order valence-electron chi connectivity index (χ0n) is 11.3. The molecule has 1 aliphatic heterocycles. The van der Waals surface area contributed by atoms with E-state index in [-0.39, 0.29) is 5.38 Å². The summed E-state index contributed by atoms with van der Waals surface area (Å²) < 4.78 is 5.77. The lowest BCUT2D eigenvalue weighted by molar-refractivity contribution is 0.279. The normalized spacial score (nSPS) is 27.7. The van der Waals surface area contributed by atoms with E-state index in [4.69, 9.17) is 27.9 Å². The zero-order valence-corrected chi connectivity index (χ0v) is 12.8. The Morgan fingerprint density at radius 3 is 2.68 bits per heavy atom. The van der Waals surface area contributed by atoms with Gasteiger partial charge in [-0.05, 0) is 42.4 Å². The van der Waals surface area contributed by atoms with Crippen LogP contribution in [0.15, 0.2) is 12.1 Å². The van der Waals surface area contributed by atoms with Crippen LogP contribution in [0.25, 0.3) is 0 Å². The third kappa shape index (κ3) is 2.73. The maximum atomic E-state index is 6.75. The van der Waals surface area contributed by atoms with Crippen LogP contribution in [0, 0.1) is 11.8 Å². The Labute approximate surface area is 125 Å². The monoisotopic (exact) mass is 298 g/mol. The number of fused-ring (bicyclic) bond motifs is 1. The van der Waals surface area contributed by atoms with Gasteiger partial charge in [0.25, 0.3) is 0 Å². The molecule has 0 saturated heterocycles. The summed E-state index contributed by atoms with van der Waals surface area (Å²) in [5.74, 6) is 2.41. The molecule has 2 aliphatic rings. The van der Waals surface area contributed by atoms with E-state index in [9.17, 15) is 0 Å². The largest absolute Gasteiger partial charge is 0.493 e. The molecule has 1 fully saturated rings. The van der Waals surface area contributed by atoms with Crippen molar-refractivity contribution < 1.29 is 4.74 Å². The molecule has 1 atom stereocenters. The van der Waals surface area contributed by atoms with E-state index in [1.807, 2.05) is 12.1 Å². The van der Waals surface area contributed by atoms with Crippen LogP contribution >= 0.6 is 23.2 Å². The van der Waals surface area contributed by atoms with Crippen LogP contribution in [0.3, 0.4) is 0 Å². The van der Waals surface area contributed by atoms with Crippen LogP contribution in [0.5, 0.6) is 5.75 Å². The van der Waals surface area contributed by atoms with E-state index in [1.54, 1.807) is 0 Å². The smallest absolute Gasteiger partial charge is 0.127 e. The quantitative estimate of drug-likeness (QED) is 0.666. The van der Waals surface area contributed by atoms with Crippen molar-refractivity contribution in [2.75, 3.05) is 6.61 Å². The van der Waals surface area contributed by atoms with Gasteiger partial charge in [-0.25, -0.2) is 0 Å². The minimum Gasteiger partial charge on any atom is -0.493 e. The molecule has 3 heteroatoms. The molecule has 0 bridgehead atoms. The molecule has 1 heterocycles. The van der Waals surface area contributed by atoms with Gasteiger partial charge in [0.15, 0.2) is 0 Å². The number of halogens is 2. The molecule has 1 aromatic carbocycles. The number of hydrogen-bond acceptors (Lipinski definition) is 1. The van der Waals surface area contributed by atoms with Crippen molar-refractivity contribution >= 4 is 23.2 Å². The van der Waals surface area contributed by atoms with Gasteiger partial charge in [-0.15, -0.1) is 11.6 Å². The van der Waals surface area contributed by atoms with Gasteiger partial charge < -0.3 is 4.74 Å². The Kier molecular flexibility index (Phi) is 3.96. The predicted octanol–water partition coefficient (Wildman–Crippen LogP) is 5.38. The van der Waals surface area contributed by atoms with Gasteiger partial charge in [0.1, 0.15) is 5.75 Å². The Balaban J connectivity index is 1.85. The first kappa shape index (κ1) is 13.6. The van der Waals surface area contributed by atoms with Crippen LogP contribution in [0.4, 0.5) is 0 Å². The van der Waals surface area contributed by atoms with Crippen molar-refractivity contribution in [3.05, 3.63) is 28.3 Å². The van der Waals surface area contributed by atoms with E-state index in [1.165, 1.54) is 31.2 Å². The fraction of sp³-hybridized carbons (Fsp3) is 0.625. The second kappa shape index (κ2) is 5.54. The van der Waals surface area contributed by atoms with Crippen molar-refractivity contribution in [2.45, 2.75) is 44.4 Å². The molecule has 0 radical (unpaired) electrons. The Bertz CT molecular complexity index is 464. The molecular formula is C16H20Cl2O. The molecule has 0 N–H and O–H groups in total. The van der Waals surface area contributed by atoms with E-state index in [0.717, 1.165) is 35.3 Å². The van der Waals surface area contributed by atoms with Crippen LogP contribution in [0.2, 0.25) is 5.02 Å². The van der Waals surface area contributed by atoms with Crippen LogP contribution in [-0.4, -0.2) is 6.61 Å². The lowest BCUT2D eigenvalue weighted by Crippen LogP contribution is -2.17. The van der Waals surface area contributed by atoms with Crippen molar-refractivity contribution in [1.82, 2.24) is 0 Å². The summed E-state index contributed by atoms with van der Waals surface area (Å²) in [7, 11) is 0. The second-order valence-corrected chi connectivity index (χ2v) is 6.91. The van der Waals surface area contributed by atoms with Gasteiger partial charge in [-0.1, -0.05) is 31.4 Å². The summed E-state index contributed by atoms with van der Waals surface area (Å²) >= 11 is 13.0. The second-order valence-electron chi connectivity index (χ2n) is 6.00. The first-order chi connectivity index (χ1) is 9.15. The lowest BCUT2D eigenvalue weighted by atomic mass is 9.79. The van der Waals surface area contributed by atoms with Gasteiger partial charge in [0, 0.05) is 17.0 Å². The summed E-state index contributed by atoms with van der Waals surface area (Å²) in [4.78, 5) is 0. The summed E-state index contributed by atoms with van der Waals surface area (Å²) in [6.07, 6.45) is 5.97. The van der Waals surface area contributed by atoms with Crippen molar-refractivity contribution in [3.63, 3.8) is 0 Å². The Hall–Kier alpha value is -0.400. The number of alkyl halides is 1. The standard InChI is InChI=1S/C16H20Cl2O/c1-10-2-4-11(5-3-10)15(18)14-9-13(17)8-12-6-7-19-16(12)14/h8-11,15H,2-7H2,1H3. The number of rotatable bonds is 2. The molecule has 0 spiro atoms. The minimum absolute atomic E-state index is 0.0399. The fourth-order valence-electron chi connectivity index (χ4n) is 3.34. The lowest BCUT2D eigenvalue weighted by Gasteiger charge is -2.30. The van der Waals surface area contributed by atoms with Gasteiger partial charge in [-0.3, -0.25) is 0 Å². The molecular weight excluding hydrogens is 279 g/mol. The van der Waals surface area contributed by atoms with Gasteiger partial charge in [0.2, 0.25) is 0 Å².